The molecule has 140 valence electrons. The molecule has 1 aliphatic carbocycles. The zero-order chi connectivity index (χ0) is 18.8. The maximum Gasteiger partial charge on any atom is 0.213 e. The summed E-state index contributed by atoms with van der Waals surface area (Å²) in [5.41, 5.74) is 3.55. The Hall–Kier alpha value is -2.69. The van der Waals surface area contributed by atoms with Gasteiger partial charge in [0.1, 0.15) is 17.8 Å². The molecule has 0 aliphatic heterocycles. The van der Waals surface area contributed by atoms with Crippen LogP contribution >= 0.6 is 0 Å². The molecule has 1 aliphatic rings. The zero-order valence-corrected chi connectivity index (χ0v) is 16.2. The summed E-state index contributed by atoms with van der Waals surface area (Å²) in [5.74, 6) is 3.15. The standard InChI is InChI=1S/C22H26N4O/c1-15-4-9-19(10-5-15)26-17(3)24-25-22(26)18-7-11-20(12-8-18)27-21-13-6-16(2)14-23-21/h4-6,9-10,13-14,18,20H,7-8,11-12H2,1-3H3/t18-,20-. The summed E-state index contributed by atoms with van der Waals surface area (Å²) < 4.78 is 8.28. The molecular weight excluding hydrogens is 336 g/mol. The average Bonchev–Trinajstić information content (AvgIpc) is 3.06. The number of ether oxygens (including phenoxy) is 1. The van der Waals surface area contributed by atoms with E-state index in [0.29, 0.717) is 5.92 Å². The van der Waals surface area contributed by atoms with Crippen LogP contribution in [0, 0.1) is 20.8 Å². The molecule has 2 aromatic heterocycles. The highest BCUT2D eigenvalue weighted by atomic mass is 16.5. The maximum atomic E-state index is 6.07. The third kappa shape index (κ3) is 3.87. The van der Waals surface area contributed by atoms with Crippen LogP contribution in [0.3, 0.4) is 0 Å². The Morgan fingerprint density at radius 2 is 1.56 bits per heavy atom. The van der Waals surface area contributed by atoms with E-state index in [1.165, 1.54) is 5.56 Å². The summed E-state index contributed by atoms with van der Waals surface area (Å²) in [4.78, 5) is 4.37. The molecule has 0 N–H and O–H groups in total. The Bertz CT molecular complexity index is 891. The molecule has 27 heavy (non-hydrogen) atoms. The lowest BCUT2D eigenvalue weighted by Gasteiger charge is -2.28. The minimum absolute atomic E-state index is 0.230. The number of pyridine rings is 1. The van der Waals surface area contributed by atoms with Crippen molar-refractivity contribution in [2.45, 2.75) is 58.5 Å². The molecule has 4 rings (SSSR count). The molecule has 3 aromatic rings. The number of aromatic nitrogens is 4. The summed E-state index contributed by atoms with van der Waals surface area (Å²) >= 11 is 0. The summed E-state index contributed by atoms with van der Waals surface area (Å²) in [5, 5.41) is 8.87. The fraction of sp³-hybridized carbons (Fsp3) is 0.409. The quantitative estimate of drug-likeness (QED) is 0.675. The number of rotatable bonds is 4. The highest BCUT2D eigenvalue weighted by molar-refractivity contribution is 5.37. The van der Waals surface area contributed by atoms with Crippen molar-refractivity contribution in [2.24, 2.45) is 0 Å². The van der Waals surface area contributed by atoms with Gasteiger partial charge in [-0.1, -0.05) is 23.8 Å². The number of hydrogen-bond donors (Lipinski definition) is 0. The lowest BCUT2D eigenvalue weighted by atomic mass is 9.86. The smallest absolute Gasteiger partial charge is 0.213 e. The normalized spacial score (nSPS) is 19.8. The molecule has 1 aromatic carbocycles. The molecule has 0 saturated heterocycles. The van der Waals surface area contributed by atoms with Crippen molar-refractivity contribution in [2.75, 3.05) is 0 Å². The van der Waals surface area contributed by atoms with Gasteiger partial charge in [0.15, 0.2) is 0 Å². The van der Waals surface area contributed by atoms with Gasteiger partial charge in [0.25, 0.3) is 0 Å². The van der Waals surface area contributed by atoms with Crippen LogP contribution in [0.15, 0.2) is 42.6 Å². The first-order valence-electron chi connectivity index (χ1n) is 9.68. The van der Waals surface area contributed by atoms with E-state index in [4.69, 9.17) is 4.74 Å². The van der Waals surface area contributed by atoms with Gasteiger partial charge in [-0.15, -0.1) is 10.2 Å². The third-order valence-corrected chi connectivity index (χ3v) is 5.35. The second-order valence-corrected chi connectivity index (χ2v) is 7.54. The first-order chi connectivity index (χ1) is 13.1. The van der Waals surface area contributed by atoms with E-state index in [-0.39, 0.29) is 6.10 Å². The Labute approximate surface area is 160 Å². The van der Waals surface area contributed by atoms with Crippen molar-refractivity contribution in [3.8, 4) is 11.6 Å². The molecule has 0 bridgehead atoms. The monoisotopic (exact) mass is 362 g/mol. The second-order valence-electron chi connectivity index (χ2n) is 7.54. The SMILES string of the molecule is Cc1ccc(-n2c(C)nnc2[C@H]2CC[C@H](Oc3ccc(C)cn3)CC2)cc1. The van der Waals surface area contributed by atoms with Gasteiger partial charge in [0, 0.05) is 23.9 Å². The van der Waals surface area contributed by atoms with Gasteiger partial charge < -0.3 is 4.74 Å². The van der Waals surface area contributed by atoms with Crippen LogP contribution in [0.4, 0.5) is 0 Å². The van der Waals surface area contributed by atoms with Crippen LogP contribution in [0.25, 0.3) is 5.69 Å². The Morgan fingerprint density at radius 1 is 0.852 bits per heavy atom. The van der Waals surface area contributed by atoms with E-state index in [1.54, 1.807) is 0 Å². The number of nitrogens with zero attached hydrogens (tertiary/aromatic N) is 4. The lowest BCUT2D eigenvalue weighted by molar-refractivity contribution is 0.139. The molecule has 0 radical (unpaired) electrons. The van der Waals surface area contributed by atoms with Crippen molar-refractivity contribution in [1.29, 1.82) is 0 Å². The van der Waals surface area contributed by atoms with Gasteiger partial charge in [-0.3, -0.25) is 4.57 Å². The van der Waals surface area contributed by atoms with Crippen molar-refractivity contribution < 1.29 is 4.74 Å². The van der Waals surface area contributed by atoms with Gasteiger partial charge in [0.05, 0.1) is 0 Å². The first-order valence-corrected chi connectivity index (χ1v) is 9.68. The van der Waals surface area contributed by atoms with Crippen LogP contribution in [0.1, 0.15) is 54.4 Å². The molecule has 5 nitrogen and oxygen atoms in total. The highest BCUT2D eigenvalue weighted by Gasteiger charge is 2.28. The molecule has 5 heteroatoms. The fourth-order valence-corrected chi connectivity index (χ4v) is 3.79. The topological polar surface area (TPSA) is 52.8 Å². The van der Waals surface area contributed by atoms with Crippen LogP contribution in [0.5, 0.6) is 5.88 Å². The van der Waals surface area contributed by atoms with E-state index in [2.05, 4.69) is 50.9 Å². The van der Waals surface area contributed by atoms with E-state index >= 15 is 0 Å². The predicted octanol–water partition coefficient (Wildman–Crippen LogP) is 4.69. The second kappa shape index (κ2) is 7.51. The highest BCUT2D eigenvalue weighted by Crippen LogP contribution is 2.34. The third-order valence-electron chi connectivity index (χ3n) is 5.35. The maximum absolute atomic E-state index is 6.07. The van der Waals surface area contributed by atoms with Crippen LogP contribution in [-0.2, 0) is 0 Å². The van der Waals surface area contributed by atoms with E-state index in [0.717, 1.165) is 54.5 Å². The number of hydrogen-bond acceptors (Lipinski definition) is 4. The Kier molecular flexibility index (Phi) is 4.92. The largest absolute Gasteiger partial charge is 0.474 e. The van der Waals surface area contributed by atoms with Crippen molar-refractivity contribution in [1.82, 2.24) is 19.7 Å². The predicted molar refractivity (Wildman–Crippen MR) is 105 cm³/mol. The zero-order valence-electron chi connectivity index (χ0n) is 16.2. The van der Waals surface area contributed by atoms with Crippen molar-refractivity contribution in [3.05, 3.63) is 65.4 Å². The molecule has 0 unspecified atom stereocenters. The van der Waals surface area contributed by atoms with Gasteiger partial charge in [-0.05, 0) is 64.2 Å². The van der Waals surface area contributed by atoms with Crippen LogP contribution < -0.4 is 4.74 Å². The lowest BCUT2D eigenvalue weighted by Crippen LogP contribution is -2.25. The van der Waals surface area contributed by atoms with Gasteiger partial charge in [-0.2, -0.15) is 0 Å². The van der Waals surface area contributed by atoms with Gasteiger partial charge in [0.2, 0.25) is 5.88 Å². The molecule has 0 atom stereocenters. The van der Waals surface area contributed by atoms with E-state index in [1.807, 2.05) is 32.2 Å². The number of benzene rings is 1. The van der Waals surface area contributed by atoms with Crippen molar-refractivity contribution in [3.63, 3.8) is 0 Å². The molecule has 2 heterocycles. The summed E-state index contributed by atoms with van der Waals surface area (Å²) in [7, 11) is 0. The molecule has 1 saturated carbocycles. The van der Waals surface area contributed by atoms with Crippen LogP contribution in [0.2, 0.25) is 0 Å². The summed E-state index contributed by atoms with van der Waals surface area (Å²) in [6.45, 7) is 6.16. The Balaban J connectivity index is 1.45. The van der Waals surface area contributed by atoms with Gasteiger partial charge >= 0.3 is 0 Å². The molecular formula is C22H26N4O. The minimum Gasteiger partial charge on any atom is -0.474 e. The molecule has 0 spiro atoms. The van der Waals surface area contributed by atoms with Crippen molar-refractivity contribution >= 4 is 0 Å². The first kappa shape index (κ1) is 17.7. The average molecular weight is 362 g/mol. The van der Waals surface area contributed by atoms with Gasteiger partial charge in [-0.25, -0.2) is 4.98 Å². The van der Waals surface area contributed by atoms with Crippen LogP contribution in [-0.4, -0.2) is 25.9 Å². The van der Waals surface area contributed by atoms with E-state index in [9.17, 15) is 0 Å². The molecule has 1 fully saturated rings. The minimum atomic E-state index is 0.230. The fourth-order valence-electron chi connectivity index (χ4n) is 3.79. The Morgan fingerprint density at radius 3 is 2.22 bits per heavy atom. The summed E-state index contributed by atoms with van der Waals surface area (Å²) in [6.07, 6.45) is 6.22. The number of aryl methyl sites for hydroxylation is 3. The molecule has 0 amide bonds. The van der Waals surface area contributed by atoms with E-state index < -0.39 is 0 Å². The summed E-state index contributed by atoms with van der Waals surface area (Å²) in [6, 6.07) is 12.6.